The fourth-order valence-corrected chi connectivity index (χ4v) is 3.64. The van der Waals surface area contributed by atoms with Crippen molar-refractivity contribution in [2.24, 2.45) is 5.92 Å². The number of carboxylic acid groups (broad SMARTS) is 1. The number of benzene rings is 1. The van der Waals surface area contributed by atoms with Gasteiger partial charge in [0.1, 0.15) is 5.56 Å². The molecule has 0 fully saturated rings. The Balaban J connectivity index is 3.36. The van der Waals surface area contributed by atoms with E-state index >= 15 is 0 Å². The predicted molar refractivity (Wildman–Crippen MR) is 77.0 cm³/mol. The van der Waals surface area contributed by atoms with Crippen molar-refractivity contribution in [2.75, 3.05) is 0 Å². The van der Waals surface area contributed by atoms with E-state index in [-0.39, 0.29) is 11.5 Å². The van der Waals surface area contributed by atoms with Crippen molar-refractivity contribution in [1.82, 2.24) is 0 Å². The molecule has 0 radical (unpaired) electrons. The number of sulfone groups is 1. The van der Waals surface area contributed by atoms with Crippen LogP contribution in [0.25, 0.3) is 0 Å². The lowest BCUT2D eigenvalue weighted by molar-refractivity contribution is -0.385. The molecule has 0 spiro atoms. The Bertz CT molecular complexity index is 665. The molecule has 0 saturated carbocycles. The Labute approximate surface area is 122 Å². The minimum Gasteiger partial charge on any atom is -0.477 e. The number of aromatic carboxylic acids is 1. The summed E-state index contributed by atoms with van der Waals surface area (Å²) < 4.78 is 24.5. The molecule has 0 heterocycles. The number of hydrogen-bond donors (Lipinski definition) is 1. The van der Waals surface area contributed by atoms with Crippen molar-refractivity contribution in [3.63, 3.8) is 0 Å². The monoisotopic (exact) mass is 315 g/mol. The van der Waals surface area contributed by atoms with Gasteiger partial charge < -0.3 is 5.11 Å². The van der Waals surface area contributed by atoms with E-state index in [9.17, 15) is 23.3 Å². The van der Waals surface area contributed by atoms with E-state index in [4.69, 9.17) is 5.11 Å². The molecule has 1 rings (SSSR count). The zero-order valence-corrected chi connectivity index (χ0v) is 12.8. The van der Waals surface area contributed by atoms with Gasteiger partial charge in [-0.05, 0) is 18.4 Å². The summed E-state index contributed by atoms with van der Waals surface area (Å²) >= 11 is 0. The molecule has 116 valence electrons. The Hall–Kier alpha value is -1.96. The second-order valence-electron chi connectivity index (χ2n) is 5.13. The largest absolute Gasteiger partial charge is 0.477 e. The summed E-state index contributed by atoms with van der Waals surface area (Å²) in [6, 6.07) is 3.63. The number of hydrogen-bond acceptors (Lipinski definition) is 5. The Kier molecular flexibility index (Phi) is 5.06. The lowest BCUT2D eigenvalue weighted by Gasteiger charge is -2.17. The van der Waals surface area contributed by atoms with Crippen molar-refractivity contribution in [3.05, 3.63) is 39.4 Å². The fourth-order valence-electron chi connectivity index (χ4n) is 1.87. The van der Waals surface area contributed by atoms with Crippen LogP contribution >= 0.6 is 0 Å². The molecule has 1 unspecified atom stereocenters. The summed E-state index contributed by atoms with van der Waals surface area (Å²) in [6.07, 6.45) is 0. The first-order chi connectivity index (χ1) is 9.58. The van der Waals surface area contributed by atoms with Crippen molar-refractivity contribution in [3.8, 4) is 0 Å². The number of nitro benzene ring substituents is 1. The Morgan fingerprint density at radius 2 is 1.90 bits per heavy atom. The van der Waals surface area contributed by atoms with E-state index in [1.165, 1.54) is 19.1 Å². The van der Waals surface area contributed by atoms with E-state index in [2.05, 4.69) is 0 Å². The molecule has 0 aliphatic heterocycles. The van der Waals surface area contributed by atoms with Gasteiger partial charge in [-0.1, -0.05) is 26.0 Å². The number of rotatable bonds is 6. The van der Waals surface area contributed by atoms with Gasteiger partial charge in [-0.3, -0.25) is 10.1 Å². The highest BCUT2D eigenvalue weighted by molar-refractivity contribution is 7.91. The number of carbonyl (C=O) groups is 1. The third kappa shape index (κ3) is 3.78. The van der Waals surface area contributed by atoms with Crippen LogP contribution in [0.5, 0.6) is 0 Å². The second kappa shape index (κ2) is 6.21. The highest BCUT2D eigenvalue weighted by atomic mass is 32.2. The molecule has 8 heteroatoms. The number of carboxylic acids is 1. The third-order valence-corrected chi connectivity index (χ3v) is 5.79. The maximum absolute atomic E-state index is 12.2. The minimum atomic E-state index is -3.60. The quantitative estimate of drug-likeness (QED) is 0.636. The molecule has 21 heavy (non-hydrogen) atoms. The fraction of sp³-hybridized carbons (Fsp3) is 0.462. The van der Waals surface area contributed by atoms with E-state index in [0.717, 1.165) is 6.07 Å². The van der Waals surface area contributed by atoms with Crippen LogP contribution in [0.2, 0.25) is 0 Å². The molecule has 0 aliphatic rings. The van der Waals surface area contributed by atoms with Gasteiger partial charge in [0.25, 0.3) is 5.69 Å². The standard InChI is InChI=1S/C13H17NO6S/c1-8(2)9(3)21(19,20)7-10-5-4-6-11(14(17)18)12(10)13(15)16/h4-6,8-9H,7H2,1-3H3,(H,15,16). The van der Waals surface area contributed by atoms with Crippen LogP contribution in [-0.4, -0.2) is 29.7 Å². The highest BCUT2D eigenvalue weighted by Crippen LogP contribution is 2.26. The Morgan fingerprint density at radius 1 is 1.33 bits per heavy atom. The molecule has 0 aliphatic carbocycles. The van der Waals surface area contributed by atoms with Gasteiger partial charge in [-0.25, -0.2) is 13.2 Å². The molecule has 1 aromatic carbocycles. The number of nitrogens with zero attached hydrogens (tertiary/aromatic N) is 1. The van der Waals surface area contributed by atoms with Gasteiger partial charge in [0.05, 0.1) is 15.9 Å². The van der Waals surface area contributed by atoms with Gasteiger partial charge in [0.15, 0.2) is 9.84 Å². The van der Waals surface area contributed by atoms with Gasteiger partial charge in [-0.2, -0.15) is 0 Å². The van der Waals surface area contributed by atoms with E-state index in [1.54, 1.807) is 13.8 Å². The zero-order chi connectivity index (χ0) is 16.4. The minimum absolute atomic E-state index is 0.0656. The van der Waals surface area contributed by atoms with E-state index in [1.807, 2.05) is 0 Å². The molecular weight excluding hydrogens is 298 g/mol. The highest BCUT2D eigenvalue weighted by Gasteiger charge is 2.29. The van der Waals surface area contributed by atoms with Crippen LogP contribution < -0.4 is 0 Å². The average Bonchev–Trinajstić information content (AvgIpc) is 2.36. The first-order valence-electron chi connectivity index (χ1n) is 6.29. The van der Waals surface area contributed by atoms with Gasteiger partial charge in [0.2, 0.25) is 0 Å². The molecule has 1 atom stereocenters. The van der Waals surface area contributed by atoms with Crippen molar-refractivity contribution < 1.29 is 23.2 Å². The summed E-state index contributed by atoms with van der Waals surface area (Å²) in [5, 5.41) is 19.4. The second-order valence-corrected chi connectivity index (χ2v) is 7.49. The Morgan fingerprint density at radius 3 is 2.33 bits per heavy atom. The maximum atomic E-state index is 12.2. The first kappa shape index (κ1) is 17.1. The van der Waals surface area contributed by atoms with Crippen LogP contribution in [0, 0.1) is 16.0 Å². The van der Waals surface area contributed by atoms with Crippen LogP contribution in [0.1, 0.15) is 36.7 Å². The first-order valence-corrected chi connectivity index (χ1v) is 8.00. The van der Waals surface area contributed by atoms with Crippen molar-refractivity contribution in [1.29, 1.82) is 0 Å². The zero-order valence-electron chi connectivity index (χ0n) is 11.9. The molecule has 1 aromatic rings. The third-order valence-electron chi connectivity index (χ3n) is 3.40. The van der Waals surface area contributed by atoms with Crippen molar-refractivity contribution in [2.45, 2.75) is 31.8 Å². The van der Waals surface area contributed by atoms with Crippen LogP contribution in [0.3, 0.4) is 0 Å². The smallest absolute Gasteiger partial charge is 0.343 e. The summed E-state index contributed by atoms with van der Waals surface area (Å²) in [7, 11) is -3.60. The van der Waals surface area contributed by atoms with Crippen molar-refractivity contribution >= 4 is 21.5 Å². The molecule has 1 N–H and O–H groups in total. The van der Waals surface area contributed by atoms with E-state index in [0.29, 0.717) is 0 Å². The topological polar surface area (TPSA) is 115 Å². The lowest BCUT2D eigenvalue weighted by atomic mass is 10.1. The van der Waals surface area contributed by atoms with Crippen LogP contribution in [-0.2, 0) is 15.6 Å². The molecule has 7 nitrogen and oxygen atoms in total. The summed E-state index contributed by atoms with van der Waals surface area (Å²) in [5.41, 5.74) is -1.24. The summed E-state index contributed by atoms with van der Waals surface area (Å²) in [5.74, 6) is -2.18. The number of nitro groups is 1. The maximum Gasteiger partial charge on any atom is 0.343 e. The predicted octanol–water partition coefficient (Wildman–Crippen LogP) is 2.25. The van der Waals surface area contributed by atoms with Gasteiger partial charge in [-0.15, -0.1) is 0 Å². The molecule has 0 bridgehead atoms. The van der Waals surface area contributed by atoms with Crippen LogP contribution in [0.15, 0.2) is 18.2 Å². The molecular formula is C13H17NO6S. The molecule has 0 amide bonds. The summed E-state index contributed by atoms with van der Waals surface area (Å²) in [6.45, 7) is 5.03. The van der Waals surface area contributed by atoms with Gasteiger partial charge >= 0.3 is 5.97 Å². The normalized spacial score (nSPS) is 13.1. The molecule has 0 saturated heterocycles. The van der Waals surface area contributed by atoms with Gasteiger partial charge in [0, 0.05) is 6.07 Å². The van der Waals surface area contributed by atoms with E-state index < -0.39 is 43.0 Å². The average molecular weight is 315 g/mol. The molecule has 0 aromatic heterocycles. The van der Waals surface area contributed by atoms with Crippen LogP contribution in [0.4, 0.5) is 5.69 Å². The lowest BCUT2D eigenvalue weighted by Crippen LogP contribution is -2.25. The summed E-state index contributed by atoms with van der Waals surface area (Å²) in [4.78, 5) is 21.3. The SMILES string of the molecule is CC(C)C(C)S(=O)(=O)Cc1cccc([N+](=O)[O-])c1C(=O)O.